The first kappa shape index (κ1) is 17.2. The number of hydrogen-bond donors (Lipinski definition) is 0. The molecule has 0 aromatic rings. The molecule has 3 heterocycles. The minimum absolute atomic E-state index is 0.00834. The third kappa shape index (κ3) is 3.58. The highest BCUT2D eigenvalue weighted by Gasteiger charge is 2.50. The fraction of sp³-hybridized carbons (Fsp3) is 0.941. The quantitative estimate of drug-likeness (QED) is 0.775. The average molecular weight is 343 g/mol. The first-order valence-electron chi connectivity index (χ1n) is 9.11. The van der Waals surface area contributed by atoms with Gasteiger partial charge in [-0.05, 0) is 38.1 Å². The molecule has 3 aliphatic heterocycles. The lowest BCUT2D eigenvalue weighted by Crippen LogP contribution is -2.47. The highest BCUT2D eigenvalue weighted by Crippen LogP contribution is 2.38. The van der Waals surface area contributed by atoms with Gasteiger partial charge >= 0.3 is 0 Å². The van der Waals surface area contributed by atoms with Crippen LogP contribution in [0.25, 0.3) is 0 Å². The topological polar surface area (TPSA) is 57.7 Å². The van der Waals surface area contributed by atoms with E-state index in [1.165, 1.54) is 0 Å². The summed E-state index contributed by atoms with van der Waals surface area (Å²) in [6.07, 6.45) is 3.79. The van der Waals surface area contributed by atoms with Gasteiger partial charge in [0.1, 0.15) is 0 Å². The molecule has 6 heteroatoms. The van der Waals surface area contributed by atoms with Crippen LogP contribution in [-0.2, 0) is 14.6 Å². The van der Waals surface area contributed by atoms with Gasteiger partial charge in [0.05, 0.1) is 11.0 Å². The Labute approximate surface area is 140 Å². The number of fused-ring (bicyclic) bond motifs is 1. The molecule has 0 saturated carbocycles. The number of amides is 1. The third-order valence-corrected chi connectivity index (χ3v) is 8.06. The molecule has 0 aromatic carbocycles. The summed E-state index contributed by atoms with van der Waals surface area (Å²) >= 11 is 0. The van der Waals surface area contributed by atoms with Crippen LogP contribution in [0.3, 0.4) is 0 Å². The van der Waals surface area contributed by atoms with Gasteiger partial charge in [-0.2, -0.15) is 0 Å². The van der Waals surface area contributed by atoms with E-state index >= 15 is 0 Å². The summed E-state index contributed by atoms with van der Waals surface area (Å²) in [5, 5.41) is -0.319. The Hall–Kier alpha value is -0.620. The van der Waals surface area contributed by atoms with E-state index in [0.29, 0.717) is 18.9 Å². The molecular weight excluding hydrogens is 312 g/mol. The maximum atomic E-state index is 12.8. The molecule has 0 aromatic heterocycles. The van der Waals surface area contributed by atoms with Crippen molar-refractivity contribution in [2.75, 3.05) is 38.5 Å². The number of hydrogen-bond acceptors (Lipinski definition) is 4. The molecular formula is C17H30N2O3S. The highest BCUT2D eigenvalue weighted by molar-refractivity contribution is 7.92. The van der Waals surface area contributed by atoms with Gasteiger partial charge in [0.2, 0.25) is 5.91 Å². The molecule has 0 spiro atoms. The number of rotatable bonds is 4. The van der Waals surface area contributed by atoms with Gasteiger partial charge in [0, 0.05) is 38.0 Å². The first-order valence-corrected chi connectivity index (χ1v) is 10.8. The van der Waals surface area contributed by atoms with E-state index in [0.717, 1.165) is 45.4 Å². The van der Waals surface area contributed by atoms with Crippen molar-refractivity contribution < 1.29 is 13.2 Å². The summed E-state index contributed by atoms with van der Waals surface area (Å²) in [5.74, 6) is 0.963. The number of sulfone groups is 1. The molecule has 0 aliphatic carbocycles. The zero-order valence-corrected chi connectivity index (χ0v) is 15.2. The molecule has 23 heavy (non-hydrogen) atoms. The lowest BCUT2D eigenvalue weighted by Gasteiger charge is -2.34. The summed E-state index contributed by atoms with van der Waals surface area (Å²) < 4.78 is 25.0. The number of carbonyl (C=O) groups excluding carboxylic acids is 1. The summed E-state index contributed by atoms with van der Waals surface area (Å²) in [5.41, 5.74) is 0. The lowest BCUT2D eigenvalue weighted by molar-refractivity contribution is -0.136. The Morgan fingerprint density at radius 3 is 2.52 bits per heavy atom. The third-order valence-electron chi connectivity index (χ3n) is 5.83. The van der Waals surface area contributed by atoms with E-state index in [2.05, 4.69) is 18.7 Å². The van der Waals surface area contributed by atoms with Crippen LogP contribution in [0.5, 0.6) is 0 Å². The Kier molecular flexibility index (Phi) is 5.02. The largest absolute Gasteiger partial charge is 0.342 e. The second-order valence-electron chi connectivity index (χ2n) is 7.94. The van der Waals surface area contributed by atoms with Crippen molar-refractivity contribution in [3.63, 3.8) is 0 Å². The number of nitrogens with zero attached hydrogens (tertiary/aromatic N) is 2. The molecule has 1 amide bonds. The number of likely N-dealkylation sites (tertiary alicyclic amines) is 2. The van der Waals surface area contributed by atoms with Crippen molar-refractivity contribution in [1.82, 2.24) is 9.80 Å². The molecule has 3 saturated heterocycles. The lowest BCUT2D eigenvalue weighted by atomic mass is 9.87. The highest BCUT2D eigenvalue weighted by atomic mass is 32.2. The summed E-state index contributed by atoms with van der Waals surface area (Å²) in [6, 6.07) is 0. The second-order valence-corrected chi connectivity index (χ2v) is 10.3. The van der Waals surface area contributed by atoms with Crippen LogP contribution in [0.4, 0.5) is 0 Å². The van der Waals surface area contributed by atoms with E-state index in [1.807, 2.05) is 4.90 Å². The molecule has 0 bridgehead atoms. The zero-order valence-electron chi connectivity index (χ0n) is 14.4. The smallest absolute Gasteiger partial charge is 0.226 e. The Morgan fingerprint density at radius 1 is 1.17 bits per heavy atom. The van der Waals surface area contributed by atoms with Gasteiger partial charge in [-0.25, -0.2) is 8.42 Å². The van der Waals surface area contributed by atoms with Crippen molar-refractivity contribution in [2.45, 2.75) is 44.8 Å². The zero-order chi connectivity index (χ0) is 16.6. The molecule has 132 valence electrons. The summed E-state index contributed by atoms with van der Waals surface area (Å²) in [7, 11) is -3.03. The van der Waals surface area contributed by atoms with Gasteiger partial charge < -0.3 is 9.80 Å². The Balaban J connectivity index is 1.72. The van der Waals surface area contributed by atoms with Crippen LogP contribution in [0, 0.1) is 17.8 Å². The van der Waals surface area contributed by atoms with Gasteiger partial charge in [-0.1, -0.05) is 13.8 Å². The minimum Gasteiger partial charge on any atom is -0.342 e. The standard InChI is InChI=1S/C17H30N2O3S/c1-13(2)5-9-18-11-15-14(17(20)19-7-3-4-8-19)6-10-23(21,22)16(15)12-18/h13-16H,3-12H2,1-2H3/t14-,15+,16+/m0/s1. The monoisotopic (exact) mass is 342 g/mol. The Bertz CT molecular complexity index is 540. The van der Waals surface area contributed by atoms with Crippen LogP contribution in [-0.4, -0.2) is 67.9 Å². The van der Waals surface area contributed by atoms with Crippen LogP contribution >= 0.6 is 0 Å². The van der Waals surface area contributed by atoms with Crippen molar-refractivity contribution in [1.29, 1.82) is 0 Å². The van der Waals surface area contributed by atoms with E-state index in [4.69, 9.17) is 0 Å². The molecule has 3 aliphatic rings. The predicted octanol–water partition coefficient (Wildman–Crippen LogP) is 1.39. The fourth-order valence-corrected chi connectivity index (χ4v) is 6.54. The normalized spacial score (nSPS) is 34.0. The molecule has 0 unspecified atom stereocenters. The van der Waals surface area contributed by atoms with E-state index in [1.54, 1.807) is 0 Å². The van der Waals surface area contributed by atoms with Crippen LogP contribution in [0.15, 0.2) is 0 Å². The van der Waals surface area contributed by atoms with Gasteiger partial charge in [0.15, 0.2) is 9.84 Å². The van der Waals surface area contributed by atoms with Gasteiger partial charge in [0.25, 0.3) is 0 Å². The SMILES string of the molecule is CC(C)CCN1C[C@@H]2[C@@H](C(=O)N3CCCC3)CCS(=O)(=O)[C@@H]2C1. The first-order chi connectivity index (χ1) is 10.9. The van der Waals surface area contributed by atoms with Crippen molar-refractivity contribution in [2.24, 2.45) is 17.8 Å². The van der Waals surface area contributed by atoms with Crippen molar-refractivity contribution >= 4 is 15.7 Å². The van der Waals surface area contributed by atoms with Crippen molar-refractivity contribution in [3.05, 3.63) is 0 Å². The fourth-order valence-electron chi connectivity index (χ4n) is 4.41. The summed E-state index contributed by atoms with van der Waals surface area (Å²) in [6.45, 7) is 8.46. The van der Waals surface area contributed by atoms with Crippen LogP contribution < -0.4 is 0 Å². The van der Waals surface area contributed by atoms with Gasteiger partial charge in [-0.3, -0.25) is 4.79 Å². The van der Waals surface area contributed by atoms with Crippen LogP contribution in [0.2, 0.25) is 0 Å². The average Bonchev–Trinajstić information content (AvgIpc) is 3.14. The van der Waals surface area contributed by atoms with Crippen molar-refractivity contribution in [3.8, 4) is 0 Å². The summed E-state index contributed by atoms with van der Waals surface area (Å²) in [4.78, 5) is 17.1. The number of carbonyl (C=O) groups is 1. The molecule has 3 atom stereocenters. The maximum Gasteiger partial charge on any atom is 0.226 e. The van der Waals surface area contributed by atoms with E-state index < -0.39 is 9.84 Å². The van der Waals surface area contributed by atoms with Gasteiger partial charge in [-0.15, -0.1) is 0 Å². The molecule has 0 radical (unpaired) electrons. The Morgan fingerprint density at radius 2 is 1.87 bits per heavy atom. The molecule has 3 rings (SSSR count). The molecule has 0 N–H and O–H groups in total. The second kappa shape index (κ2) is 6.71. The minimum atomic E-state index is -3.03. The predicted molar refractivity (Wildman–Crippen MR) is 90.9 cm³/mol. The molecule has 3 fully saturated rings. The maximum absolute atomic E-state index is 12.8. The van der Waals surface area contributed by atoms with E-state index in [-0.39, 0.29) is 28.7 Å². The van der Waals surface area contributed by atoms with E-state index in [9.17, 15) is 13.2 Å². The van der Waals surface area contributed by atoms with Crippen LogP contribution in [0.1, 0.15) is 39.5 Å². The molecule has 5 nitrogen and oxygen atoms in total.